The first-order chi connectivity index (χ1) is 8.31. The van der Waals surface area contributed by atoms with Crippen LogP contribution in [0.5, 0.6) is 0 Å². The van der Waals surface area contributed by atoms with Gasteiger partial charge in [-0.15, -0.1) is 0 Å². The number of benzene rings is 1. The molecule has 17 heavy (non-hydrogen) atoms. The second-order valence-electron chi connectivity index (χ2n) is 3.78. The Morgan fingerprint density at radius 1 is 1.35 bits per heavy atom. The molecule has 0 unspecified atom stereocenters. The van der Waals surface area contributed by atoms with Gasteiger partial charge in [0.1, 0.15) is 0 Å². The van der Waals surface area contributed by atoms with Gasteiger partial charge in [-0.2, -0.15) is 5.10 Å². The third kappa shape index (κ3) is 2.94. The van der Waals surface area contributed by atoms with E-state index in [-0.39, 0.29) is 0 Å². The fraction of sp³-hybridized carbons (Fsp3) is 0.333. The van der Waals surface area contributed by atoms with Gasteiger partial charge in [0.05, 0.1) is 0 Å². The van der Waals surface area contributed by atoms with Crippen molar-refractivity contribution in [3.05, 3.63) is 46.5 Å². The summed E-state index contributed by atoms with van der Waals surface area (Å²) in [5.74, 6) is 0.933. The van der Waals surface area contributed by atoms with Crippen molar-refractivity contribution in [1.82, 2.24) is 14.9 Å². The number of hydrogen-bond donors (Lipinski definition) is 2. The van der Waals surface area contributed by atoms with E-state index in [9.17, 15) is 0 Å². The minimum Gasteiger partial charge on any atom is -0.322 e. The van der Waals surface area contributed by atoms with E-state index in [4.69, 9.17) is 12.2 Å². The molecule has 4 nitrogen and oxygen atoms in total. The lowest BCUT2D eigenvalue weighted by molar-refractivity contribution is 0.756. The van der Waals surface area contributed by atoms with Crippen LogP contribution >= 0.6 is 12.2 Å². The Kier molecular flexibility index (Phi) is 3.93. The summed E-state index contributed by atoms with van der Waals surface area (Å²) in [5.41, 5.74) is 4.59. The first kappa shape index (κ1) is 11.9. The highest BCUT2D eigenvalue weighted by molar-refractivity contribution is 7.71. The molecule has 1 aromatic heterocycles. The van der Waals surface area contributed by atoms with Gasteiger partial charge >= 0.3 is 0 Å². The fourth-order valence-corrected chi connectivity index (χ4v) is 1.90. The highest BCUT2D eigenvalue weighted by Crippen LogP contribution is 2.00. The molecule has 0 spiro atoms. The summed E-state index contributed by atoms with van der Waals surface area (Å²) in [6.45, 7) is 2.89. The Labute approximate surface area is 106 Å². The van der Waals surface area contributed by atoms with Gasteiger partial charge < -0.3 is 5.43 Å². The van der Waals surface area contributed by atoms with Gasteiger partial charge in [-0.25, -0.2) is 4.68 Å². The summed E-state index contributed by atoms with van der Waals surface area (Å²) >= 11 is 5.15. The van der Waals surface area contributed by atoms with Crippen LogP contribution in [0.2, 0.25) is 0 Å². The molecule has 5 heteroatoms. The highest BCUT2D eigenvalue weighted by Gasteiger charge is 2.02. The van der Waals surface area contributed by atoms with Crippen LogP contribution in [0.25, 0.3) is 0 Å². The summed E-state index contributed by atoms with van der Waals surface area (Å²) in [5, 5.41) is 6.93. The zero-order chi connectivity index (χ0) is 12.1. The minimum absolute atomic E-state index is 0.620. The van der Waals surface area contributed by atoms with Gasteiger partial charge in [-0.1, -0.05) is 37.3 Å². The summed E-state index contributed by atoms with van der Waals surface area (Å²) in [4.78, 5) is 0. The van der Waals surface area contributed by atoms with E-state index in [1.165, 1.54) is 5.56 Å². The molecule has 0 aliphatic rings. The topological polar surface area (TPSA) is 45.6 Å². The normalized spacial score (nSPS) is 10.4. The first-order valence-electron chi connectivity index (χ1n) is 5.75. The maximum atomic E-state index is 5.15. The van der Waals surface area contributed by atoms with Crippen LogP contribution in [0.15, 0.2) is 30.3 Å². The second-order valence-corrected chi connectivity index (χ2v) is 4.16. The van der Waals surface area contributed by atoms with Crippen LogP contribution in [0.3, 0.4) is 0 Å². The highest BCUT2D eigenvalue weighted by atomic mass is 32.1. The second kappa shape index (κ2) is 5.63. The van der Waals surface area contributed by atoms with Crippen LogP contribution in [0.1, 0.15) is 18.3 Å². The molecule has 1 heterocycles. The smallest absolute Gasteiger partial charge is 0.214 e. The molecule has 2 rings (SSSR count). The van der Waals surface area contributed by atoms with E-state index in [2.05, 4.69) is 46.8 Å². The third-order valence-electron chi connectivity index (χ3n) is 2.58. The average molecular weight is 248 g/mol. The summed E-state index contributed by atoms with van der Waals surface area (Å²) in [7, 11) is 0. The van der Waals surface area contributed by atoms with E-state index in [0.717, 1.165) is 25.2 Å². The Hall–Kier alpha value is -1.62. The fourth-order valence-electron chi connectivity index (χ4n) is 1.69. The van der Waals surface area contributed by atoms with Gasteiger partial charge in [-0.3, -0.25) is 5.10 Å². The monoisotopic (exact) mass is 248 g/mol. The number of rotatable bonds is 5. The quantitative estimate of drug-likeness (QED) is 0.798. The number of aromatic amines is 1. The molecule has 0 amide bonds. The molecule has 0 atom stereocenters. The van der Waals surface area contributed by atoms with Crippen LogP contribution in [0.4, 0.5) is 0 Å². The zero-order valence-corrected chi connectivity index (χ0v) is 10.6. The number of nitrogens with one attached hydrogen (secondary N) is 2. The van der Waals surface area contributed by atoms with E-state index in [0.29, 0.717) is 4.77 Å². The molecule has 2 aromatic rings. The van der Waals surface area contributed by atoms with Gasteiger partial charge in [0.15, 0.2) is 5.82 Å². The lowest BCUT2D eigenvalue weighted by Gasteiger charge is -2.08. The van der Waals surface area contributed by atoms with Crippen LogP contribution in [-0.2, 0) is 12.8 Å². The van der Waals surface area contributed by atoms with Crippen molar-refractivity contribution in [1.29, 1.82) is 0 Å². The summed E-state index contributed by atoms with van der Waals surface area (Å²) < 4.78 is 2.47. The SMILES string of the molecule is CCc1n[nH]c(=S)n1NCCc1ccccc1. The predicted octanol–water partition coefficient (Wildman–Crippen LogP) is 2.29. The van der Waals surface area contributed by atoms with Gasteiger partial charge in [-0.05, 0) is 24.2 Å². The molecule has 90 valence electrons. The Morgan fingerprint density at radius 3 is 2.82 bits per heavy atom. The molecule has 0 saturated carbocycles. The van der Waals surface area contributed by atoms with Crippen LogP contribution in [0, 0.1) is 4.77 Å². The summed E-state index contributed by atoms with van der Waals surface area (Å²) in [6, 6.07) is 10.4. The largest absolute Gasteiger partial charge is 0.322 e. The predicted molar refractivity (Wildman–Crippen MR) is 71.2 cm³/mol. The van der Waals surface area contributed by atoms with Crippen molar-refractivity contribution in [2.45, 2.75) is 19.8 Å². The van der Waals surface area contributed by atoms with E-state index in [1.54, 1.807) is 0 Å². The molecule has 0 saturated heterocycles. The van der Waals surface area contributed by atoms with Crippen LogP contribution < -0.4 is 5.43 Å². The molecule has 0 radical (unpaired) electrons. The Bertz CT molecular complexity index is 515. The summed E-state index contributed by atoms with van der Waals surface area (Å²) in [6.07, 6.45) is 1.82. The molecule has 2 N–H and O–H groups in total. The lowest BCUT2D eigenvalue weighted by Crippen LogP contribution is -2.20. The number of hydrogen-bond acceptors (Lipinski definition) is 3. The standard InChI is InChI=1S/C12H16N4S/c1-2-11-14-15-12(17)16(11)13-9-8-10-6-4-3-5-7-10/h3-7,13H,2,8-9H2,1H3,(H,15,17). The number of aromatic nitrogens is 3. The van der Waals surface area contributed by atoms with Crippen molar-refractivity contribution >= 4 is 12.2 Å². The number of nitrogens with zero attached hydrogens (tertiary/aromatic N) is 2. The van der Waals surface area contributed by atoms with Gasteiger partial charge in [0.2, 0.25) is 4.77 Å². The third-order valence-corrected chi connectivity index (χ3v) is 2.86. The zero-order valence-electron chi connectivity index (χ0n) is 9.81. The minimum atomic E-state index is 0.620. The Balaban J connectivity index is 1.94. The molecule has 0 aliphatic heterocycles. The van der Waals surface area contributed by atoms with Crippen molar-refractivity contribution in [3.8, 4) is 0 Å². The maximum Gasteiger partial charge on any atom is 0.214 e. The van der Waals surface area contributed by atoms with Crippen molar-refractivity contribution < 1.29 is 0 Å². The van der Waals surface area contributed by atoms with Crippen molar-refractivity contribution in [2.24, 2.45) is 0 Å². The van der Waals surface area contributed by atoms with E-state index in [1.807, 2.05) is 10.7 Å². The van der Waals surface area contributed by atoms with Gasteiger partial charge in [0, 0.05) is 13.0 Å². The molecule has 1 aromatic carbocycles. The molecule has 0 bridgehead atoms. The van der Waals surface area contributed by atoms with E-state index >= 15 is 0 Å². The van der Waals surface area contributed by atoms with Gasteiger partial charge in [0.25, 0.3) is 0 Å². The lowest BCUT2D eigenvalue weighted by atomic mass is 10.2. The molecule has 0 aliphatic carbocycles. The van der Waals surface area contributed by atoms with E-state index < -0.39 is 0 Å². The Morgan fingerprint density at radius 2 is 2.12 bits per heavy atom. The molecule has 0 fully saturated rings. The van der Waals surface area contributed by atoms with Crippen molar-refractivity contribution in [2.75, 3.05) is 12.0 Å². The molecular weight excluding hydrogens is 232 g/mol. The average Bonchev–Trinajstić information content (AvgIpc) is 2.72. The number of aryl methyl sites for hydroxylation is 1. The maximum absolute atomic E-state index is 5.15. The number of H-pyrrole nitrogens is 1. The first-order valence-corrected chi connectivity index (χ1v) is 6.16. The van der Waals surface area contributed by atoms with Crippen molar-refractivity contribution in [3.63, 3.8) is 0 Å². The van der Waals surface area contributed by atoms with Crippen LogP contribution in [-0.4, -0.2) is 21.4 Å². The molecular formula is C12H16N4S.